The van der Waals surface area contributed by atoms with E-state index in [4.69, 9.17) is 19.9 Å². The van der Waals surface area contributed by atoms with Gasteiger partial charge in [-0.15, -0.1) is 0 Å². The Morgan fingerprint density at radius 3 is 1.39 bits per heavy atom. The van der Waals surface area contributed by atoms with Gasteiger partial charge < -0.3 is 4.57 Å². The molecule has 0 spiro atoms. The Hall–Kier alpha value is -9.06. The van der Waals surface area contributed by atoms with E-state index in [0.29, 0.717) is 23.2 Å². The average Bonchev–Trinajstić information content (AvgIpc) is 3.76. The van der Waals surface area contributed by atoms with Crippen LogP contribution in [0.1, 0.15) is 0 Å². The molecule has 0 saturated carbocycles. The lowest BCUT2D eigenvalue weighted by atomic mass is 9.95. The van der Waals surface area contributed by atoms with Gasteiger partial charge in [-0.1, -0.05) is 182 Å². The lowest BCUT2D eigenvalue weighted by Crippen LogP contribution is -2.01. The summed E-state index contributed by atoms with van der Waals surface area (Å²) < 4.78 is 2.37. The van der Waals surface area contributed by atoms with E-state index in [1.807, 2.05) is 54.6 Å². The van der Waals surface area contributed by atoms with Gasteiger partial charge in [0.05, 0.1) is 16.7 Å². The number of hydrogen-bond donors (Lipinski definition) is 0. The molecule has 12 rings (SSSR count). The van der Waals surface area contributed by atoms with Gasteiger partial charge in [-0.3, -0.25) is 0 Å². The van der Waals surface area contributed by atoms with E-state index < -0.39 is 0 Å². The number of rotatable bonds is 9. The van der Waals surface area contributed by atoms with Crippen molar-refractivity contribution in [3.63, 3.8) is 0 Å². The second-order valence-corrected chi connectivity index (χ2v) is 16.7. The van der Waals surface area contributed by atoms with Crippen LogP contribution in [0.5, 0.6) is 0 Å². The maximum atomic E-state index is 5.28. The molecule has 0 saturated heterocycles. The lowest BCUT2D eigenvalue weighted by molar-refractivity contribution is 1.06. The molecular formula is C62H41N5. The normalized spacial score (nSPS) is 11.3. The van der Waals surface area contributed by atoms with E-state index >= 15 is 0 Å². The SMILES string of the molecule is c1ccc(-c2cc(-c3ccccc3)cc(-c3cccc(-c4nc(-c5ccccc5)nc(-c5cccc(-c6cccc7c6c6cc(-c8ccccc8)ccc6n7-c6ccccc6)c5)n4)n3)c2)cc1. The standard InChI is InChI=1S/C62H41N5/c1-6-19-42(20-7-1)46-35-36-57-54(41-46)59-53(31-17-34-58(59)67(57)52-29-14-5-15-30-52)47-27-16-28-48(37-47)61-64-60(45-25-12-4-13-26-45)65-62(66-61)56-33-18-32-55(63-56)51-39-49(43-21-8-2-9-22-43)38-50(40-51)44-23-10-3-11-24-44/h1-41H. The van der Waals surface area contributed by atoms with Crippen LogP contribution in [0, 0.1) is 0 Å². The summed E-state index contributed by atoms with van der Waals surface area (Å²) in [5.74, 6) is 1.65. The zero-order valence-electron chi connectivity index (χ0n) is 36.4. The van der Waals surface area contributed by atoms with Crippen molar-refractivity contribution in [1.82, 2.24) is 24.5 Å². The summed E-state index contributed by atoms with van der Waals surface area (Å²) in [4.78, 5) is 20.7. The summed E-state index contributed by atoms with van der Waals surface area (Å²) in [6, 6.07) is 87.1. The molecule has 314 valence electrons. The molecule has 9 aromatic carbocycles. The van der Waals surface area contributed by atoms with E-state index in [0.717, 1.165) is 72.5 Å². The third-order valence-electron chi connectivity index (χ3n) is 12.4. The van der Waals surface area contributed by atoms with Crippen LogP contribution in [-0.2, 0) is 0 Å². The van der Waals surface area contributed by atoms with E-state index in [-0.39, 0.29) is 0 Å². The molecule has 0 unspecified atom stereocenters. The molecule has 0 aliphatic heterocycles. The fourth-order valence-corrected chi connectivity index (χ4v) is 9.23. The first kappa shape index (κ1) is 39.5. The average molecular weight is 856 g/mol. The molecule has 0 radical (unpaired) electrons. The Kier molecular flexibility index (Phi) is 10.1. The number of hydrogen-bond acceptors (Lipinski definition) is 4. The molecule has 12 aromatic rings. The van der Waals surface area contributed by atoms with Crippen molar-refractivity contribution in [3.05, 3.63) is 249 Å². The zero-order chi connectivity index (χ0) is 44.5. The van der Waals surface area contributed by atoms with Crippen molar-refractivity contribution in [1.29, 1.82) is 0 Å². The summed E-state index contributed by atoms with van der Waals surface area (Å²) in [7, 11) is 0. The predicted octanol–water partition coefficient (Wildman–Crippen LogP) is 15.7. The second kappa shape index (κ2) is 17.1. The number of pyridine rings is 1. The first-order chi connectivity index (χ1) is 33.2. The summed E-state index contributed by atoms with van der Waals surface area (Å²) in [5, 5.41) is 2.37. The Morgan fingerprint density at radius 2 is 0.731 bits per heavy atom. The summed E-state index contributed by atoms with van der Waals surface area (Å²) >= 11 is 0. The topological polar surface area (TPSA) is 56.5 Å². The molecule has 0 bridgehead atoms. The van der Waals surface area contributed by atoms with Crippen LogP contribution in [0.4, 0.5) is 0 Å². The number of aromatic nitrogens is 5. The monoisotopic (exact) mass is 855 g/mol. The largest absolute Gasteiger partial charge is 0.309 e. The molecule has 0 N–H and O–H groups in total. The number of benzene rings is 9. The van der Waals surface area contributed by atoms with E-state index in [2.05, 4.69) is 199 Å². The van der Waals surface area contributed by atoms with Crippen molar-refractivity contribution in [2.75, 3.05) is 0 Å². The van der Waals surface area contributed by atoms with Crippen LogP contribution in [0.25, 0.3) is 118 Å². The van der Waals surface area contributed by atoms with Gasteiger partial charge in [-0.2, -0.15) is 0 Å². The van der Waals surface area contributed by atoms with Crippen LogP contribution in [0.3, 0.4) is 0 Å². The van der Waals surface area contributed by atoms with E-state index in [1.165, 1.54) is 21.9 Å². The predicted molar refractivity (Wildman–Crippen MR) is 275 cm³/mol. The molecule has 0 atom stereocenters. The van der Waals surface area contributed by atoms with Gasteiger partial charge >= 0.3 is 0 Å². The second-order valence-electron chi connectivity index (χ2n) is 16.7. The maximum absolute atomic E-state index is 5.28. The lowest BCUT2D eigenvalue weighted by Gasteiger charge is -2.12. The zero-order valence-corrected chi connectivity index (χ0v) is 36.4. The van der Waals surface area contributed by atoms with Crippen molar-refractivity contribution < 1.29 is 0 Å². The van der Waals surface area contributed by atoms with E-state index in [9.17, 15) is 0 Å². The van der Waals surface area contributed by atoms with Crippen LogP contribution in [-0.4, -0.2) is 24.5 Å². The Balaban J connectivity index is 1.00. The van der Waals surface area contributed by atoms with Crippen LogP contribution in [0.2, 0.25) is 0 Å². The molecule has 0 fully saturated rings. The van der Waals surface area contributed by atoms with Gasteiger partial charge in [-0.25, -0.2) is 19.9 Å². The fourth-order valence-electron chi connectivity index (χ4n) is 9.23. The van der Waals surface area contributed by atoms with E-state index in [1.54, 1.807) is 0 Å². The molecule has 0 aliphatic rings. The van der Waals surface area contributed by atoms with Gasteiger partial charge in [0.25, 0.3) is 0 Å². The highest BCUT2D eigenvalue weighted by Gasteiger charge is 2.19. The van der Waals surface area contributed by atoms with Crippen LogP contribution >= 0.6 is 0 Å². The fraction of sp³-hybridized carbons (Fsp3) is 0. The Bertz CT molecular complexity index is 3660. The van der Waals surface area contributed by atoms with Gasteiger partial charge in [-0.05, 0) is 111 Å². The summed E-state index contributed by atoms with van der Waals surface area (Å²) in [6.07, 6.45) is 0. The summed E-state index contributed by atoms with van der Waals surface area (Å²) in [5.41, 5.74) is 16.8. The highest BCUT2D eigenvalue weighted by Crippen LogP contribution is 2.41. The third kappa shape index (κ3) is 7.64. The first-order valence-corrected chi connectivity index (χ1v) is 22.5. The van der Waals surface area contributed by atoms with Crippen LogP contribution < -0.4 is 0 Å². The Labute approximate surface area is 389 Å². The molecule has 3 heterocycles. The smallest absolute Gasteiger partial charge is 0.182 e. The molecule has 3 aromatic heterocycles. The highest BCUT2D eigenvalue weighted by molar-refractivity contribution is 6.16. The Morgan fingerprint density at radius 1 is 0.254 bits per heavy atom. The number of nitrogens with zero attached hydrogens (tertiary/aromatic N) is 5. The van der Waals surface area contributed by atoms with Crippen molar-refractivity contribution >= 4 is 21.8 Å². The van der Waals surface area contributed by atoms with Gasteiger partial charge in [0, 0.05) is 33.2 Å². The quantitative estimate of drug-likeness (QED) is 0.145. The molecular weight excluding hydrogens is 815 g/mol. The molecule has 5 heteroatoms. The van der Waals surface area contributed by atoms with Gasteiger partial charge in [0.15, 0.2) is 17.5 Å². The van der Waals surface area contributed by atoms with Gasteiger partial charge in [0.1, 0.15) is 5.69 Å². The molecule has 0 aliphatic carbocycles. The maximum Gasteiger partial charge on any atom is 0.182 e. The van der Waals surface area contributed by atoms with Crippen molar-refractivity contribution in [2.45, 2.75) is 0 Å². The van der Waals surface area contributed by atoms with Crippen LogP contribution in [0.15, 0.2) is 249 Å². The van der Waals surface area contributed by atoms with Crippen molar-refractivity contribution in [2.24, 2.45) is 0 Å². The number of para-hydroxylation sites is 1. The minimum absolute atomic E-state index is 0.500. The highest BCUT2D eigenvalue weighted by atomic mass is 15.0. The first-order valence-electron chi connectivity index (χ1n) is 22.5. The number of fused-ring (bicyclic) bond motifs is 3. The van der Waals surface area contributed by atoms with Gasteiger partial charge in [0.2, 0.25) is 0 Å². The summed E-state index contributed by atoms with van der Waals surface area (Å²) in [6.45, 7) is 0. The molecule has 67 heavy (non-hydrogen) atoms. The molecule has 0 amide bonds. The van der Waals surface area contributed by atoms with Crippen molar-refractivity contribution in [3.8, 4) is 95.7 Å². The molecule has 5 nitrogen and oxygen atoms in total. The minimum atomic E-state index is 0.500. The third-order valence-corrected chi connectivity index (χ3v) is 12.4. The minimum Gasteiger partial charge on any atom is -0.309 e.